The molecule has 0 saturated carbocycles. The number of nitrogens with one attached hydrogen (secondary N) is 2. The van der Waals surface area contributed by atoms with Crippen molar-refractivity contribution in [3.05, 3.63) is 77.0 Å². The van der Waals surface area contributed by atoms with E-state index in [9.17, 15) is 23.5 Å². The number of amides is 3. The Morgan fingerprint density at radius 2 is 1.93 bits per heavy atom. The van der Waals surface area contributed by atoms with Crippen LogP contribution in [0.15, 0.2) is 42.7 Å². The van der Waals surface area contributed by atoms with E-state index in [0.29, 0.717) is 56.1 Å². The number of aliphatic hydroxyl groups is 1. The van der Waals surface area contributed by atoms with E-state index in [-0.39, 0.29) is 31.4 Å². The highest BCUT2D eigenvalue weighted by molar-refractivity contribution is 5.87. The Balaban J connectivity index is 1.24. The molecule has 1 aromatic carbocycles. The average Bonchev–Trinajstić information content (AvgIpc) is 3.35. The Morgan fingerprint density at radius 3 is 2.66 bits per heavy atom. The van der Waals surface area contributed by atoms with Crippen LogP contribution in [0.5, 0.6) is 0 Å². The molecular formula is C31H36F2N6O5. The predicted octanol–water partition coefficient (Wildman–Crippen LogP) is 4.68. The van der Waals surface area contributed by atoms with E-state index in [0.717, 1.165) is 5.56 Å². The number of likely N-dealkylation sites (tertiary alicyclic amines) is 1. The summed E-state index contributed by atoms with van der Waals surface area (Å²) in [6.07, 6.45) is 4.31. The predicted molar refractivity (Wildman–Crippen MR) is 155 cm³/mol. The molecular weight excluding hydrogens is 574 g/mol. The van der Waals surface area contributed by atoms with Crippen molar-refractivity contribution in [2.75, 3.05) is 31.6 Å². The molecule has 0 unspecified atom stereocenters. The van der Waals surface area contributed by atoms with Crippen LogP contribution >= 0.6 is 0 Å². The van der Waals surface area contributed by atoms with Gasteiger partial charge in [0.15, 0.2) is 0 Å². The summed E-state index contributed by atoms with van der Waals surface area (Å²) in [6, 6.07) is 6.67. The second kappa shape index (κ2) is 11.8. The largest absolute Gasteiger partial charge is 0.437 e. The Kier molecular flexibility index (Phi) is 8.01. The molecule has 3 aliphatic rings. The molecule has 11 nitrogen and oxygen atoms in total. The molecule has 3 aliphatic heterocycles. The molecule has 5 heterocycles. The topological polar surface area (TPSA) is 131 Å². The SMILES string of the molecule is CC(C)(OCCO)c1cnc2n1C[C@H](c1c(F)cccc1F)CC[C@H]2NC(=O)N1CCC2(CC1)OC(=O)Nc1ncccc12. The molecule has 234 valence electrons. The molecule has 6 rings (SSSR count). The summed E-state index contributed by atoms with van der Waals surface area (Å²) in [5.74, 6) is -0.719. The Labute approximate surface area is 253 Å². The van der Waals surface area contributed by atoms with Gasteiger partial charge in [0, 0.05) is 55.7 Å². The number of imidazole rings is 1. The summed E-state index contributed by atoms with van der Waals surface area (Å²) in [6.45, 7) is 4.53. The van der Waals surface area contributed by atoms with Crippen molar-refractivity contribution in [3.63, 3.8) is 0 Å². The first kappa shape index (κ1) is 29.9. The lowest BCUT2D eigenvalue weighted by atomic mass is 9.83. The van der Waals surface area contributed by atoms with Crippen LogP contribution in [0.3, 0.4) is 0 Å². The number of fused-ring (bicyclic) bond motifs is 3. The fraction of sp³-hybridized carbons (Fsp3) is 0.484. The molecule has 3 aromatic rings. The molecule has 3 N–H and O–H groups in total. The van der Waals surface area contributed by atoms with Crippen LogP contribution in [0.4, 0.5) is 24.2 Å². The van der Waals surface area contributed by atoms with Crippen molar-refractivity contribution in [2.45, 2.75) is 69.2 Å². The normalized spacial score (nSPS) is 21.1. The van der Waals surface area contributed by atoms with Gasteiger partial charge in [-0.3, -0.25) is 5.32 Å². The van der Waals surface area contributed by atoms with Gasteiger partial charge in [-0.25, -0.2) is 28.3 Å². The first-order valence-electron chi connectivity index (χ1n) is 14.9. The van der Waals surface area contributed by atoms with Gasteiger partial charge >= 0.3 is 12.1 Å². The molecule has 1 saturated heterocycles. The number of ether oxygens (including phenoxy) is 2. The van der Waals surface area contributed by atoms with E-state index in [1.807, 2.05) is 24.5 Å². The minimum Gasteiger partial charge on any atom is -0.437 e. The van der Waals surface area contributed by atoms with Crippen molar-refractivity contribution in [3.8, 4) is 0 Å². The number of hydrogen-bond acceptors (Lipinski definition) is 7. The van der Waals surface area contributed by atoms with E-state index in [1.165, 1.54) is 18.2 Å². The van der Waals surface area contributed by atoms with Crippen molar-refractivity contribution < 1.29 is 33.0 Å². The summed E-state index contributed by atoms with van der Waals surface area (Å²) in [5.41, 5.74) is -0.275. The lowest BCUT2D eigenvalue weighted by Crippen LogP contribution is -2.52. The van der Waals surface area contributed by atoms with Crippen molar-refractivity contribution in [2.24, 2.45) is 0 Å². The molecule has 2 aromatic heterocycles. The Hall–Kier alpha value is -4.10. The number of benzene rings is 1. The molecule has 3 amide bonds. The lowest BCUT2D eigenvalue weighted by molar-refractivity contribution is -0.0421. The fourth-order valence-corrected chi connectivity index (χ4v) is 6.71. The number of anilines is 1. The molecule has 0 aliphatic carbocycles. The number of piperidine rings is 1. The van der Waals surface area contributed by atoms with E-state index in [1.54, 1.807) is 23.4 Å². The van der Waals surface area contributed by atoms with Crippen LogP contribution in [0.1, 0.15) is 74.1 Å². The third kappa shape index (κ3) is 5.50. The monoisotopic (exact) mass is 610 g/mol. The maximum absolute atomic E-state index is 15.0. The standard InChI is InChI=1S/C31H36F2N6O5/c1-30(2,43-16-15-40)24-17-35-27-23(9-8-19(18-39(24)27)25-21(32)6-3-7-22(25)33)36-28(41)38-13-10-31(11-14-38)20-5-4-12-34-26(20)37-29(42)44-31/h3-7,12,17,19,23,40H,8-11,13-16,18H2,1-2H3,(H,36,41)(H,34,37,42)/t19-,23-/m1/s1. The van der Waals surface area contributed by atoms with E-state index < -0.39 is 40.9 Å². The molecule has 44 heavy (non-hydrogen) atoms. The number of aromatic nitrogens is 3. The third-order valence-electron chi connectivity index (χ3n) is 8.95. The van der Waals surface area contributed by atoms with E-state index >= 15 is 0 Å². The number of nitrogens with zero attached hydrogens (tertiary/aromatic N) is 4. The molecule has 1 fully saturated rings. The van der Waals surface area contributed by atoms with Crippen molar-refractivity contribution in [1.82, 2.24) is 24.8 Å². The highest BCUT2D eigenvalue weighted by Crippen LogP contribution is 2.43. The zero-order chi connectivity index (χ0) is 31.1. The summed E-state index contributed by atoms with van der Waals surface area (Å²) in [5, 5.41) is 15.1. The van der Waals surface area contributed by atoms with Crippen molar-refractivity contribution >= 4 is 17.9 Å². The minimum absolute atomic E-state index is 0.00628. The first-order chi connectivity index (χ1) is 21.1. The Morgan fingerprint density at radius 1 is 1.18 bits per heavy atom. The summed E-state index contributed by atoms with van der Waals surface area (Å²) < 4.78 is 43.5. The zero-order valence-corrected chi connectivity index (χ0v) is 24.7. The number of carbonyl (C=O) groups is 2. The van der Waals surface area contributed by atoms with Gasteiger partial charge in [0.1, 0.15) is 34.5 Å². The van der Waals surface area contributed by atoms with Gasteiger partial charge < -0.3 is 29.4 Å². The molecule has 2 atom stereocenters. The van der Waals surface area contributed by atoms with Crippen LogP contribution in [0, 0.1) is 11.6 Å². The molecule has 0 bridgehead atoms. The van der Waals surface area contributed by atoms with Crippen LogP contribution in [-0.4, -0.2) is 63.0 Å². The number of hydrogen-bond donors (Lipinski definition) is 3. The molecule has 0 radical (unpaired) electrons. The zero-order valence-electron chi connectivity index (χ0n) is 24.7. The van der Waals surface area contributed by atoms with Crippen LogP contribution < -0.4 is 10.6 Å². The van der Waals surface area contributed by atoms with Gasteiger partial charge in [0.05, 0.1) is 31.1 Å². The number of urea groups is 1. The highest BCUT2D eigenvalue weighted by Gasteiger charge is 2.46. The van der Waals surface area contributed by atoms with Crippen LogP contribution in [0.25, 0.3) is 0 Å². The smallest absolute Gasteiger partial charge is 0.413 e. The Bertz CT molecular complexity index is 1530. The number of aliphatic hydroxyl groups excluding tert-OH is 1. The van der Waals surface area contributed by atoms with Gasteiger partial charge in [-0.1, -0.05) is 6.07 Å². The lowest BCUT2D eigenvalue weighted by Gasteiger charge is -2.43. The summed E-state index contributed by atoms with van der Waals surface area (Å²) in [7, 11) is 0. The third-order valence-corrected chi connectivity index (χ3v) is 8.95. The van der Waals surface area contributed by atoms with Crippen LogP contribution in [0.2, 0.25) is 0 Å². The number of rotatable bonds is 6. The second-order valence-corrected chi connectivity index (χ2v) is 12.0. The van der Waals surface area contributed by atoms with Gasteiger partial charge in [-0.05, 0) is 51.0 Å². The van der Waals surface area contributed by atoms with Crippen molar-refractivity contribution in [1.29, 1.82) is 0 Å². The minimum atomic E-state index is -0.871. The van der Waals surface area contributed by atoms with E-state index in [4.69, 9.17) is 9.47 Å². The first-order valence-corrected chi connectivity index (χ1v) is 14.9. The maximum atomic E-state index is 15.0. The summed E-state index contributed by atoms with van der Waals surface area (Å²) >= 11 is 0. The van der Waals surface area contributed by atoms with Crippen LogP contribution in [-0.2, 0) is 27.2 Å². The molecule has 1 spiro atoms. The average molecular weight is 611 g/mol. The number of carbonyl (C=O) groups excluding carboxylic acids is 2. The summed E-state index contributed by atoms with van der Waals surface area (Å²) in [4.78, 5) is 36.6. The van der Waals surface area contributed by atoms with E-state index in [2.05, 4.69) is 20.6 Å². The van der Waals surface area contributed by atoms with Gasteiger partial charge in [0.2, 0.25) is 0 Å². The second-order valence-electron chi connectivity index (χ2n) is 12.0. The molecule has 13 heteroatoms. The maximum Gasteiger partial charge on any atom is 0.413 e. The van der Waals surface area contributed by atoms with Gasteiger partial charge in [-0.15, -0.1) is 0 Å². The van der Waals surface area contributed by atoms with Gasteiger partial charge in [0.25, 0.3) is 0 Å². The number of halogens is 2. The highest BCUT2D eigenvalue weighted by atomic mass is 19.1. The van der Waals surface area contributed by atoms with Gasteiger partial charge in [-0.2, -0.15) is 0 Å². The number of pyridine rings is 1. The fourth-order valence-electron chi connectivity index (χ4n) is 6.71. The quantitative estimate of drug-likeness (QED) is 0.369.